The van der Waals surface area contributed by atoms with Gasteiger partial charge >= 0.3 is 0 Å². The molecule has 2 atom stereocenters. The van der Waals surface area contributed by atoms with Crippen molar-refractivity contribution in [2.24, 2.45) is 11.7 Å². The van der Waals surface area contributed by atoms with Crippen molar-refractivity contribution in [2.45, 2.75) is 26.3 Å². The van der Waals surface area contributed by atoms with E-state index in [1.54, 1.807) is 18.4 Å². The van der Waals surface area contributed by atoms with Crippen LogP contribution in [0.2, 0.25) is 0 Å². The van der Waals surface area contributed by atoms with Crippen molar-refractivity contribution in [1.29, 1.82) is 0 Å². The fourth-order valence-corrected chi connectivity index (χ4v) is 1.37. The van der Waals surface area contributed by atoms with E-state index < -0.39 is 0 Å². The SMILES string of the molecule is CC[C@H](C)[C@H](N)c1nc(-c2ccco2)no1. The third-order valence-electron chi connectivity index (χ3n) is 2.73. The van der Waals surface area contributed by atoms with Crippen LogP contribution in [0.3, 0.4) is 0 Å². The van der Waals surface area contributed by atoms with E-state index in [0.29, 0.717) is 23.4 Å². The van der Waals surface area contributed by atoms with E-state index >= 15 is 0 Å². The van der Waals surface area contributed by atoms with Gasteiger partial charge in [0.05, 0.1) is 12.3 Å². The molecular formula is C11H15N3O2. The fraction of sp³-hybridized carbons (Fsp3) is 0.455. The Morgan fingerprint density at radius 3 is 2.94 bits per heavy atom. The topological polar surface area (TPSA) is 78.1 Å². The van der Waals surface area contributed by atoms with E-state index in [9.17, 15) is 0 Å². The maximum atomic E-state index is 5.99. The van der Waals surface area contributed by atoms with Crippen molar-refractivity contribution in [1.82, 2.24) is 10.1 Å². The quantitative estimate of drug-likeness (QED) is 0.857. The van der Waals surface area contributed by atoms with Crippen molar-refractivity contribution in [3.63, 3.8) is 0 Å². The van der Waals surface area contributed by atoms with E-state index in [4.69, 9.17) is 14.7 Å². The lowest BCUT2D eigenvalue weighted by Gasteiger charge is -2.12. The predicted octanol–water partition coefficient (Wildman–Crippen LogP) is 2.38. The van der Waals surface area contributed by atoms with Crippen molar-refractivity contribution in [3.8, 4) is 11.6 Å². The zero-order chi connectivity index (χ0) is 11.5. The summed E-state index contributed by atoms with van der Waals surface area (Å²) in [5.74, 6) is 1.80. The van der Waals surface area contributed by atoms with Crippen molar-refractivity contribution in [2.75, 3.05) is 0 Å². The molecule has 86 valence electrons. The summed E-state index contributed by atoms with van der Waals surface area (Å²) < 4.78 is 10.3. The molecule has 0 saturated carbocycles. The summed E-state index contributed by atoms with van der Waals surface area (Å²) in [6.07, 6.45) is 2.54. The standard InChI is InChI=1S/C11H15N3O2/c1-3-7(2)9(12)11-13-10(14-16-11)8-5-4-6-15-8/h4-7,9H,3,12H2,1-2H3/t7-,9-/m0/s1. The lowest BCUT2D eigenvalue weighted by atomic mass is 10.0. The molecule has 0 aliphatic carbocycles. The highest BCUT2D eigenvalue weighted by Crippen LogP contribution is 2.23. The average molecular weight is 221 g/mol. The van der Waals surface area contributed by atoms with Crippen molar-refractivity contribution < 1.29 is 8.94 Å². The largest absolute Gasteiger partial charge is 0.461 e. The Morgan fingerprint density at radius 2 is 2.31 bits per heavy atom. The molecule has 5 nitrogen and oxygen atoms in total. The third kappa shape index (κ3) is 1.99. The summed E-state index contributed by atoms with van der Waals surface area (Å²) in [5, 5.41) is 3.84. The van der Waals surface area contributed by atoms with Gasteiger partial charge in [-0.3, -0.25) is 0 Å². The van der Waals surface area contributed by atoms with Gasteiger partial charge in [0.25, 0.3) is 0 Å². The van der Waals surface area contributed by atoms with Crippen LogP contribution in [0.15, 0.2) is 27.3 Å². The van der Waals surface area contributed by atoms with Crippen LogP contribution in [0.25, 0.3) is 11.6 Å². The van der Waals surface area contributed by atoms with Crippen LogP contribution in [-0.2, 0) is 0 Å². The van der Waals surface area contributed by atoms with Crippen LogP contribution in [0, 0.1) is 5.92 Å². The highest BCUT2D eigenvalue weighted by Gasteiger charge is 2.21. The maximum Gasteiger partial charge on any atom is 0.244 e. The van der Waals surface area contributed by atoms with Gasteiger partial charge in [0.1, 0.15) is 0 Å². The Kier molecular flexibility index (Phi) is 3.05. The Bertz CT molecular complexity index is 436. The van der Waals surface area contributed by atoms with E-state index in [-0.39, 0.29) is 6.04 Å². The normalized spacial score (nSPS) is 14.9. The summed E-state index contributed by atoms with van der Waals surface area (Å²) in [5.41, 5.74) is 5.99. The minimum Gasteiger partial charge on any atom is -0.461 e. The van der Waals surface area contributed by atoms with Crippen LogP contribution in [0.5, 0.6) is 0 Å². The van der Waals surface area contributed by atoms with Gasteiger partial charge in [-0.15, -0.1) is 0 Å². The number of aromatic nitrogens is 2. The Hall–Kier alpha value is -1.62. The van der Waals surface area contributed by atoms with E-state index in [1.807, 2.05) is 0 Å². The van der Waals surface area contributed by atoms with Crippen LogP contribution in [-0.4, -0.2) is 10.1 Å². The first-order valence-electron chi connectivity index (χ1n) is 5.35. The molecule has 0 aromatic carbocycles. The van der Waals surface area contributed by atoms with Gasteiger partial charge in [-0.2, -0.15) is 4.98 Å². The molecule has 2 aromatic rings. The van der Waals surface area contributed by atoms with Gasteiger partial charge < -0.3 is 14.7 Å². The number of nitrogens with zero attached hydrogens (tertiary/aromatic N) is 2. The molecule has 0 fully saturated rings. The lowest BCUT2D eigenvalue weighted by molar-refractivity contribution is 0.312. The molecular weight excluding hydrogens is 206 g/mol. The molecule has 0 unspecified atom stereocenters. The Morgan fingerprint density at radius 1 is 1.50 bits per heavy atom. The number of hydrogen-bond acceptors (Lipinski definition) is 5. The molecule has 2 N–H and O–H groups in total. The third-order valence-corrected chi connectivity index (χ3v) is 2.73. The molecule has 2 aromatic heterocycles. The average Bonchev–Trinajstić information content (AvgIpc) is 2.96. The summed E-state index contributed by atoms with van der Waals surface area (Å²) in [4.78, 5) is 4.23. The van der Waals surface area contributed by atoms with Crippen LogP contribution in [0.4, 0.5) is 0 Å². The molecule has 16 heavy (non-hydrogen) atoms. The molecule has 2 rings (SSSR count). The van der Waals surface area contributed by atoms with E-state index in [0.717, 1.165) is 6.42 Å². The monoisotopic (exact) mass is 221 g/mol. The lowest BCUT2D eigenvalue weighted by Crippen LogP contribution is -2.18. The molecule has 0 amide bonds. The Labute approximate surface area is 93.6 Å². The summed E-state index contributed by atoms with van der Waals surface area (Å²) >= 11 is 0. The zero-order valence-corrected chi connectivity index (χ0v) is 9.38. The van der Waals surface area contributed by atoms with E-state index in [1.165, 1.54) is 0 Å². The zero-order valence-electron chi connectivity index (χ0n) is 9.38. The highest BCUT2D eigenvalue weighted by molar-refractivity contribution is 5.44. The number of hydrogen-bond donors (Lipinski definition) is 1. The summed E-state index contributed by atoms with van der Waals surface area (Å²) in [7, 11) is 0. The van der Waals surface area contributed by atoms with Gasteiger partial charge in [0.2, 0.25) is 11.7 Å². The first-order chi connectivity index (χ1) is 7.72. The second-order valence-corrected chi connectivity index (χ2v) is 3.84. The van der Waals surface area contributed by atoms with Gasteiger partial charge in [-0.1, -0.05) is 25.4 Å². The minimum atomic E-state index is -0.221. The summed E-state index contributed by atoms with van der Waals surface area (Å²) in [6.45, 7) is 4.13. The molecule has 0 radical (unpaired) electrons. The molecule has 0 bridgehead atoms. The van der Waals surface area contributed by atoms with Crippen molar-refractivity contribution >= 4 is 0 Å². The number of furan rings is 1. The number of nitrogens with two attached hydrogens (primary N) is 1. The molecule has 0 saturated heterocycles. The van der Waals surface area contributed by atoms with Crippen LogP contribution in [0.1, 0.15) is 32.2 Å². The highest BCUT2D eigenvalue weighted by atomic mass is 16.5. The first kappa shape index (κ1) is 10.9. The van der Waals surface area contributed by atoms with Crippen LogP contribution < -0.4 is 5.73 Å². The smallest absolute Gasteiger partial charge is 0.244 e. The predicted molar refractivity (Wildman–Crippen MR) is 58.4 cm³/mol. The molecule has 0 spiro atoms. The van der Waals surface area contributed by atoms with Gasteiger partial charge in [0, 0.05) is 0 Å². The van der Waals surface area contributed by atoms with Crippen LogP contribution >= 0.6 is 0 Å². The van der Waals surface area contributed by atoms with E-state index in [2.05, 4.69) is 24.0 Å². The molecule has 0 aliphatic heterocycles. The Balaban J connectivity index is 2.20. The molecule has 2 heterocycles. The molecule has 5 heteroatoms. The number of rotatable bonds is 4. The second-order valence-electron chi connectivity index (χ2n) is 3.84. The van der Waals surface area contributed by atoms with Gasteiger partial charge in [0.15, 0.2) is 5.76 Å². The molecule has 0 aliphatic rings. The summed E-state index contributed by atoms with van der Waals surface area (Å²) in [6, 6.07) is 3.34. The first-order valence-corrected chi connectivity index (χ1v) is 5.35. The fourth-order valence-electron chi connectivity index (χ4n) is 1.37. The van der Waals surface area contributed by atoms with Gasteiger partial charge in [-0.05, 0) is 18.1 Å². The second kappa shape index (κ2) is 4.49. The minimum absolute atomic E-state index is 0.221. The van der Waals surface area contributed by atoms with Crippen molar-refractivity contribution in [3.05, 3.63) is 24.3 Å². The maximum absolute atomic E-state index is 5.99. The van der Waals surface area contributed by atoms with Gasteiger partial charge in [-0.25, -0.2) is 0 Å².